The third-order valence-electron chi connectivity index (χ3n) is 4.12. The quantitative estimate of drug-likeness (QED) is 0.414. The molecule has 0 unspecified atom stereocenters. The van der Waals surface area contributed by atoms with Crippen LogP contribution in [0, 0.1) is 11.8 Å². The molecule has 5 nitrogen and oxygen atoms in total. The van der Waals surface area contributed by atoms with Crippen molar-refractivity contribution in [3.63, 3.8) is 0 Å². The molecule has 2 fully saturated rings. The molecule has 0 aromatic carbocycles. The topological polar surface area (TPSA) is 80.7 Å². The van der Waals surface area contributed by atoms with Gasteiger partial charge in [0.15, 0.2) is 0 Å². The number of carbonyl (C=O) groups is 2. The molecule has 0 spiro atoms. The van der Waals surface area contributed by atoms with E-state index in [0.717, 1.165) is 17.1 Å². The van der Waals surface area contributed by atoms with Crippen molar-refractivity contribution in [2.24, 2.45) is 11.8 Å². The number of rotatable bonds is 2. The molecule has 3 heterocycles. The normalized spacial score (nSPS) is 34.1. The number of nitrogens with zero attached hydrogens (tertiary/aromatic N) is 1. The van der Waals surface area contributed by atoms with E-state index in [1.807, 2.05) is 0 Å². The monoisotopic (exact) mass is 291 g/mol. The number of hydrogen-bond donors (Lipinski definition) is 1. The van der Waals surface area contributed by atoms with Crippen LogP contribution in [0.5, 0.6) is 0 Å². The second-order valence-corrected chi connectivity index (χ2v) is 6.21. The smallest absolute Gasteiger partial charge is 0.543 e. The Hall–Kier alpha value is -0.01000. The summed E-state index contributed by atoms with van der Waals surface area (Å²) in [6, 6.07) is -0.173. The molecule has 0 saturated carbocycles. The Bertz CT molecular complexity index is 465. The predicted octanol–water partition coefficient (Wildman–Crippen LogP) is -4.03. The number of carbonyl (C=O) groups excluding carboxylic acids is 2. The SMILES string of the molecule is C[C@@H](O)[C@H]1C(=O)N2C(C(=O)[O-])=C3CCSC[C@@H]3[C@H]12.[Na+]. The van der Waals surface area contributed by atoms with Crippen molar-refractivity contribution in [2.45, 2.75) is 25.5 Å². The molecule has 0 bridgehead atoms. The van der Waals surface area contributed by atoms with Gasteiger partial charge in [-0.1, -0.05) is 0 Å². The third-order valence-corrected chi connectivity index (χ3v) is 5.21. The van der Waals surface area contributed by atoms with E-state index in [2.05, 4.69) is 0 Å². The van der Waals surface area contributed by atoms with Crippen LogP contribution in [0.2, 0.25) is 0 Å². The van der Waals surface area contributed by atoms with Crippen molar-refractivity contribution < 1.29 is 49.4 Å². The molecule has 4 atom stereocenters. The Morgan fingerprint density at radius 1 is 1.58 bits per heavy atom. The van der Waals surface area contributed by atoms with Crippen LogP contribution < -0.4 is 34.7 Å². The molecule has 0 aromatic rings. The maximum Gasteiger partial charge on any atom is 1.00 e. The zero-order valence-corrected chi connectivity index (χ0v) is 13.8. The second kappa shape index (κ2) is 5.41. The fourth-order valence-electron chi connectivity index (χ4n) is 3.37. The van der Waals surface area contributed by atoms with Crippen LogP contribution in [-0.2, 0) is 9.59 Å². The summed E-state index contributed by atoms with van der Waals surface area (Å²) in [5.74, 6) is -0.210. The minimum Gasteiger partial charge on any atom is -0.543 e. The van der Waals surface area contributed by atoms with E-state index >= 15 is 0 Å². The van der Waals surface area contributed by atoms with Gasteiger partial charge < -0.3 is 19.9 Å². The molecule has 3 aliphatic heterocycles. The second-order valence-electron chi connectivity index (χ2n) is 5.06. The van der Waals surface area contributed by atoms with Crippen LogP contribution in [0.25, 0.3) is 0 Å². The number of aliphatic hydroxyl groups excluding tert-OH is 1. The molecule has 3 rings (SSSR count). The Kier molecular flexibility index (Phi) is 4.38. The Labute approximate surface area is 137 Å². The average molecular weight is 291 g/mol. The average Bonchev–Trinajstić information content (AvgIpc) is 2.60. The van der Waals surface area contributed by atoms with E-state index < -0.39 is 18.0 Å². The number of fused-ring (bicyclic) bond motifs is 3. The standard InChI is InChI=1S/C12H15NO4S.Na/c1-5(14)8-9-7-4-18-3-2-6(7)10(12(16)17)13(9)11(8)15;/h5,7-9,14H,2-4H2,1H3,(H,16,17);/q;+1/p-1/t5-,7+,8-,9-;/m1./s1. The van der Waals surface area contributed by atoms with Crippen molar-refractivity contribution in [2.75, 3.05) is 11.5 Å². The first-order valence-corrected chi connectivity index (χ1v) is 7.22. The summed E-state index contributed by atoms with van der Waals surface area (Å²) in [5.41, 5.74) is 0.919. The Balaban J connectivity index is 0.00000133. The van der Waals surface area contributed by atoms with Gasteiger partial charge in [-0.2, -0.15) is 11.8 Å². The molecule has 98 valence electrons. The first kappa shape index (κ1) is 15.4. The number of thioether (sulfide) groups is 1. The van der Waals surface area contributed by atoms with Gasteiger partial charge >= 0.3 is 29.6 Å². The molecule has 0 aliphatic carbocycles. The van der Waals surface area contributed by atoms with Crippen molar-refractivity contribution in [3.8, 4) is 0 Å². The van der Waals surface area contributed by atoms with Crippen molar-refractivity contribution in [1.29, 1.82) is 0 Å². The summed E-state index contributed by atoms with van der Waals surface area (Å²) in [6.45, 7) is 1.59. The summed E-state index contributed by atoms with van der Waals surface area (Å²) in [4.78, 5) is 24.6. The molecule has 1 N–H and O–H groups in total. The van der Waals surface area contributed by atoms with Gasteiger partial charge in [-0.05, 0) is 24.7 Å². The van der Waals surface area contributed by atoms with Gasteiger partial charge in [0, 0.05) is 11.7 Å². The Morgan fingerprint density at radius 2 is 2.26 bits per heavy atom. The first-order chi connectivity index (χ1) is 8.54. The molecular weight excluding hydrogens is 277 g/mol. The zero-order chi connectivity index (χ0) is 13.0. The van der Waals surface area contributed by atoms with E-state index in [1.165, 1.54) is 4.90 Å². The maximum absolute atomic E-state index is 12.0. The number of aliphatic hydroxyl groups is 1. The fourth-order valence-corrected chi connectivity index (χ4v) is 4.56. The third kappa shape index (κ3) is 2.08. The van der Waals surface area contributed by atoms with E-state index in [0.29, 0.717) is 6.42 Å². The van der Waals surface area contributed by atoms with Crippen molar-refractivity contribution >= 4 is 23.6 Å². The summed E-state index contributed by atoms with van der Waals surface area (Å²) >= 11 is 1.77. The van der Waals surface area contributed by atoms with Gasteiger partial charge in [0.1, 0.15) is 0 Å². The van der Waals surface area contributed by atoms with Crippen molar-refractivity contribution in [1.82, 2.24) is 4.90 Å². The molecular formula is C12H14NNaO4S. The van der Waals surface area contributed by atoms with Crippen LogP contribution in [0.1, 0.15) is 13.3 Å². The van der Waals surface area contributed by atoms with Crippen LogP contribution in [0.15, 0.2) is 11.3 Å². The van der Waals surface area contributed by atoms with Crippen LogP contribution >= 0.6 is 11.8 Å². The number of β-lactam (4-membered cyclic amide) rings is 1. The summed E-state index contributed by atoms with van der Waals surface area (Å²) in [7, 11) is 0. The van der Waals surface area contributed by atoms with Crippen LogP contribution in [0.4, 0.5) is 0 Å². The van der Waals surface area contributed by atoms with Gasteiger partial charge in [-0.25, -0.2) is 0 Å². The van der Waals surface area contributed by atoms with E-state index in [-0.39, 0.29) is 53.1 Å². The van der Waals surface area contributed by atoms with E-state index in [9.17, 15) is 19.8 Å². The molecule has 1 amide bonds. The molecule has 19 heavy (non-hydrogen) atoms. The maximum atomic E-state index is 12.0. The first-order valence-electron chi connectivity index (χ1n) is 6.07. The molecule has 0 aromatic heterocycles. The van der Waals surface area contributed by atoms with E-state index in [4.69, 9.17) is 0 Å². The predicted molar refractivity (Wildman–Crippen MR) is 63.3 cm³/mol. The molecule has 3 aliphatic rings. The summed E-state index contributed by atoms with van der Waals surface area (Å²) < 4.78 is 0. The minimum atomic E-state index is -1.26. The van der Waals surface area contributed by atoms with Gasteiger partial charge in [0.25, 0.3) is 0 Å². The van der Waals surface area contributed by atoms with Gasteiger partial charge in [0.05, 0.1) is 29.7 Å². The summed E-state index contributed by atoms with van der Waals surface area (Å²) in [6.07, 6.45) is -0.0288. The number of amides is 1. The molecule has 0 radical (unpaired) electrons. The number of carboxylic acids is 1. The number of carboxylic acid groups (broad SMARTS) is 1. The fraction of sp³-hybridized carbons (Fsp3) is 0.667. The zero-order valence-electron chi connectivity index (χ0n) is 11.0. The molecule has 7 heteroatoms. The summed E-state index contributed by atoms with van der Waals surface area (Å²) in [5, 5.41) is 20.9. The van der Waals surface area contributed by atoms with E-state index in [1.54, 1.807) is 18.7 Å². The molecule has 2 saturated heterocycles. The number of aliphatic carboxylic acids is 1. The van der Waals surface area contributed by atoms with Crippen LogP contribution in [-0.4, -0.2) is 45.5 Å². The van der Waals surface area contributed by atoms with Gasteiger partial charge in [0.2, 0.25) is 5.91 Å². The van der Waals surface area contributed by atoms with Crippen molar-refractivity contribution in [3.05, 3.63) is 11.3 Å². The van der Waals surface area contributed by atoms with Crippen LogP contribution in [0.3, 0.4) is 0 Å². The largest absolute Gasteiger partial charge is 1.00 e. The van der Waals surface area contributed by atoms with Gasteiger partial charge in [-0.15, -0.1) is 0 Å². The Morgan fingerprint density at radius 3 is 2.84 bits per heavy atom. The van der Waals surface area contributed by atoms with Gasteiger partial charge in [-0.3, -0.25) is 4.79 Å². The number of hydrogen-bond acceptors (Lipinski definition) is 5. The minimum absolute atomic E-state index is 0.